The third-order valence-corrected chi connectivity index (χ3v) is 2.87. The van der Waals surface area contributed by atoms with Gasteiger partial charge < -0.3 is 10.1 Å². The Hall–Kier alpha value is -1.91. The second kappa shape index (κ2) is 5.16. The van der Waals surface area contributed by atoms with Crippen LogP contribution in [0.1, 0.15) is 42.4 Å². The van der Waals surface area contributed by atoms with E-state index in [1.54, 1.807) is 0 Å². The van der Waals surface area contributed by atoms with Crippen LogP contribution in [-0.4, -0.2) is 21.0 Å². The van der Waals surface area contributed by atoms with Gasteiger partial charge in [-0.15, -0.1) is 0 Å². The number of benzene rings is 1. The van der Waals surface area contributed by atoms with E-state index in [9.17, 15) is 9.18 Å². The molecule has 5 heteroatoms. The van der Waals surface area contributed by atoms with E-state index in [4.69, 9.17) is 5.11 Å². The Morgan fingerprint density at radius 2 is 2.22 bits per heavy atom. The molecule has 2 rings (SSSR count). The van der Waals surface area contributed by atoms with Crippen LogP contribution in [0, 0.1) is 5.82 Å². The Kier molecular flexibility index (Phi) is 3.60. The molecular weight excluding hydrogens is 235 g/mol. The van der Waals surface area contributed by atoms with Crippen LogP contribution in [0.5, 0.6) is 0 Å². The molecule has 0 bridgehead atoms. The molecule has 0 unspecified atom stereocenters. The monoisotopic (exact) mass is 250 g/mol. The number of carboxylic acids is 1. The fourth-order valence-electron chi connectivity index (χ4n) is 1.91. The lowest BCUT2D eigenvalue weighted by Gasteiger charge is -1.96. The zero-order chi connectivity index (χ0) is 13.1. The van der Waals surface area contributed by atoms with Crippen molar-refractivity contribution in [3.63, 3.8) is 0 Å². The van der Waals surface area contributed by atoms with Crippen molar-refractivity contribution in [3.8, 4) is 0 Å². The summed E-state index contributed by atoms with van der Waals surface area (Å²) in [6.07, 6.45) is 4.06. The number of aryl methyl sites for hydroxylation is 1. The average Bonchev–Trinajstić information content (AvgIpc) is 2.69. The number of hydrogen-bond acceptors (Lipinski definition) is 2. The second-order valence-corrected chi connectivity index (χ2v) is 4.29. The van der Waals surface area contributed by atoms with Gasteiger partial charge in [0, 0.05) is 12.5 Å². The topological polar surface area (TPSA) is 66.0 Å². The number of fused-ring (bicyclic) bond motifs is 1. The zero-order valence-corrected chi connectivity index (χ0v) is 10.2. The first-order chi connectivity index (χ1) is 8.61. The van der Waals surface area contributed by atoms with Crippen molar-refractivity contribution in [2.75, 3.05) is 0 Å². The lowest BCUT2D eigenvalue weighted by Crippen LogP contribution is -1.99. The summed E-state index contributed by atoms with van der Waals surface area (Å²) in [4.78, 5) is 18.1. The van der Waals surface area contributed by atoms with Crippen LogP contribution < -0.4 is 0 Å². The zero-order valence-electron chi connectivity index (χ0n) is 10.2. The molecule has 1 aromatic heterocycles. The maximum Gasteiger partial charge on any atom is 0.338 e. The third-order valence-electron chi connectivity index (χ3n) is 2.87. The van der Waals surface area contributed by atoms with E-state index in [2.05, 4.69) is 16.9 Å². The van der Waals surface area contributed by atoms with Crippen molar-refractivity contribution in [1.82, 2.24) is 9.97 Å². The van der Waals surface area contributed by atoms with Crippen molar-refractivity contribution >= 4 is 17.0 Å². The lowest BCUT2D eigenvalue weighted by molar-refractivity contribution is 0.0692. The number of H-pyrrole nitrogens is 1. The molecular formula is C13H15FN2O2. The van der Waals surface area contributed by atoms with E-state index in [1.165, 1.54) is 12.1 Å². The molecule has 18 heavy (non-hydrogen) atoms. The summed E-state index contributed by atoms with van der Waals surface area (Å²) < 4.78 is 13.5. The Bertz CT molecular complexity index is 578. The van der Waals surface area contributed by atoms with Crippen molar-refractivity contribution in [2.45, 2.75) is 32.6 Å². The maximum absolute atomic E-state index is 13.5. The van der Waals surface area contributed by atoms with Gasteiger partial charge in [0.05, 0.1) is 16.6 Å². The number of aromatic nitrogens is 2. The fourth-order valence-corrected chi connectivity index (χ4v) is 1.91. The van der Waals surface area contributed by atoms with Gasteiger partial charge >= 0.3 is 5.97 Å². The fraction of sp³-hybridized carbons (Fsp3) is 0.385. The Balaban J connectivity index is 2.30. The minimum Gasteiger partial charge on any atom is -0.478 e. The van der Waals surface area contributed by atoms with Crippen LogP contribution in [0.25, 0.3) is 11.0 Å². The third kappa shape index (κ3) is 2.50. The van der Waals surface area contributed by atoms with Gasteiger partial charge in [-0.1, -0.05) is 19.8 Å². The van der Waals surface area contributed by atoms with Crippen molar-refractivity contribution < 1.29 is 14.3 Å². The smallest absolute Gasteiger partial charge is 0.338 e. The number of nitrogens with zero attached hydrogens (tertiary/aromatic N) is 1. The highest BCUT2D eigenvalue weighted by Gasteiger charge is 2.13. The molecule has 2 aromatic rings. The summed E-state index contributed by atoms with van der Waals surface area (Å²) in [5.74, 6) is -1.23. The normalized spacial score (nSPS) is 11.0. The molecule has 0 aliphatic carbocycles. The van der Waals surface area contributed by atoms with Crippen LogP contribution in [0.15, 0.2) is 12.1 Å². The number of imidazole rings is 1. The number of carbonyl (C=O) groups is 1. The molecule has 1 aromatic carbocycles. The van der Waals surface area contributed by atoms with E-state index < -0.39 is 11.8 Å². The molecule has 0 radical (unpaired) electrons. The van der Waals surface area contributed by atoms with E-state index in [0.717, 1.165) is 31.5 Å². The van der Waals surface area contributed by atoms with Gasteiger partial charge in [0.15, 0.2) is 0 Å². The van der Waals surface area contributed by atoms with Crippen molar-refractivity contribution in [3.05, 3.63) is 29.3 Å². The number of aromatic carboxylic acids is 1. The highest BCUT2D eigenvalue weighted by atomic mass is 19.1. The Morgan fingerprint density at radius 3 is 2.89 bits per heavy atom. The van der Waals surface area contributed by atoms with Gasteiger partial charge in [-0.05, 0) is 12.5 Å². The number of nitrogens with one attached hydrogen (secondary N) is 1. The number of unbranched alkanes of at least 4 members (excludes halogenated alkanes) is 2. The number of rotatable bonds is 5. The van der Waals surface area contributed by atoms with E-state index in [-0.39, 0.29) is 5.56 Å². The summed E-state index contributed by atoms with van der Waals surface area (Å²) in [5.41, 5.74) is 0.707. The summed E-state index contributed by atoms with van der Waals surface area (Å²) >= 11 is 0. The van der Waals surface area contributed by atoms with Crippen LogP contribution in [0.2, 0.25) is 0 Å². The van der Waals surface area contributed by atoms with Crippen molar-refractivity contribution in [1.29, 1.82) is 0 Å². The summed E-state index contributed by atoms with van der Waals surface area (Å²) in [6.45, 7) is 2.12. The molecule has 2 N–H and O–H groups in total. The molecule has 1 heterocycles. The van der Waals surface area contributed by atoms with Crippen LogP contribution in [-0.2, 0) is 6.42 Å². The maximum atomic E-state index is 13.5. The number of carboxylic acid groups (broad SMARTS) is 1. The molecule has 0 aliphatic rings. The van der Waals surface area contributed by atoms with Gasteiger partial charge in [0.2, 0.25) is 0 Å². The molecule has 0 atom stereocenters. The summed E-state index contributed by atoms with van der Waals surface area (Å²) in [5, 5.41) is 8.83. The van der Waals surface area contributed by atoms with Crippen molar-refractivity contribution in [2.24, 2.45) is 0 Å². The first-order valence-corrected chi connectivity index (χ1v) is 6.03. The highest BCUT2D eigenvalue weighted by molar-refractivity contribution is 5.92. The average molecular weight is 250 g/mol. The molecule has 4 nitrogen and oxygen atoms in total. The lowest BCUT2D eigenvalue weighted by atomic mass is 10.2. The highest BCUT2D eigenvalue weighted by Crippen LogP contribution is 2.18. The molecule has 0 saturated heterocycles. The Morgan fingerprint density at radius 1 is 1.44 bits per heavy atom. The minimum absolute atomic E-state index is 0.339. The van der Waals surface area contributed by atoms with Crippen LogP contribution in [0.4, 0.5) is 4.39 Å². The van der Waals surface area contributed by atoms with Gasteiger partial charge in [-0.2, -0.15) is 0 Å². The molecule has 96 valence electrons. The quantitative estimate of drug-likeness (QED) is 0.801. The molecule has 0 saturated carbocycles. The predicted octanol–water partition coefficient (Wildman–Crippen LogP) is 3.13. The first-order valence-electron chi connectivity index (χ1n) is 6.03. The van der Waals surface area contributed by atoms with E-state index >= 15 is 0 Å². The summed E-state index contributed by atoms with van der Waals surface area (Å²) in [7, 11) is 0. The number of hydrogen-bond donors (Lipinski definition) is 2. The molecule has 0 aliphatic heterocycles. The number of halogens is 1. The largest absolute Gasteiger partial charge is 0.478 e. The van der Waals surface area contributed by atoms with Gasteiger partial charge in [0.1, 0.15) is 11.6 Å². The number of aromatic amines is 1. The summed E-state index contributed by atoms with van der Waals surface area (Å²) in [6, 6.07) is 2.46. The van der Waals surface area contributed by atoms with Gasteiger partial charge in [-0.25, -0.2) is 14.2 Å². The van der Waals surface area contributed by atoms with Gasteiger partial charge in [-0.3, -0.25) is 0 Å². The van der Waals surface area contributed by atoms with Crippen LogP contribution in [0.3, 0.4) is 0 Å². The van der Waals surface area contributed by atoms with Crippen LogP contribution >= 0.6 is 0 Å². The Labute approximate surface area is 104 Å². The molecule has 0 spiro atoms. The second-order valence-electron chi connectivity index (χ2n) is 4.29. The molecule has 0 fully saturated rings. The standard InChI is InChI=1S/C13H15FN2O2/c1-2-3-4-5-12-15-10-6-8(13(17)18)9(14)7-11(10)16-12/h6-7H,2-5H2,1H3,(H,15,16)(H,17,18). The SMILES string of the molecule is CCCCCc1nc2cc(C(=O)O)c(F)cc2[nH]1. The first kappa shape index (κ1) is 12.5. The van der Waals surface area contributed by atoms with Gasteiger partial charge in [0.25, 0.3) is 0 Å². The molecule has 0 amide bonds. The van der Waals surface area contributed by atoms with E-state index in [1.807, 2.05) is 0 Å². The van der Waals surface area contributed by atoms with E-state index in [0.29, 0.717) is 11.0 Å². The minimum atomic E-state index is -1.27. The predicted molar refractivity (Wildman–Crippen MR) is 66.2 cm³/mol.